The van der Waals surface area contributed by atoms with Gasteiger partial charge in [0.1, 0.15) is 10.5 Å². The maximum atomic E-state index is 12.2. The lowest BCUT2D eigenvalue weighted by molar-refractivity contribution is 0.165. The summed E-state index contributed by atoms with van der Waals surface area (Å²) in [5.41, 5.74) is 0.689. The third-order valence-corrected chi connectivity index (χ3v) is 5.35. The Morgan fingerprint density at radius 1 is 1.43 bits per heavy atom. The van der Waals surface area contributed by atoms with E-state index in [1.54, 1.807) is 18.3 Å². The number of hydrogen-bond acceptors (Lipinski definition) is 6. The highest BCUT2D eigenvalue weighted by atomic mass is 32.1. The van der Waals surface area contributed by atoms with Crippen LogP contribution in [0.4, 0.5) is 4.79 Å². The predicted molar refractivity (Wildman–Crippen MR) is 84.0 cm³/mol. The fourth-order valence-electron chi connectivity index (χ4n) is 2.82. The van der Waals surface area contributed by atoms with Gasteiger partial charge in [0.05, 0.1) is 12.2 Å². The van der Waals surface area contributed by atoms with Crippen LogP contribution in [0.5, 0.6) is 0 Å². The van der Waals surface area contributed by atoms with Crippen molar-refractivity contribution < 1.29 is 9.32 Å². The molecule has 0 unspecified atom stereocenters. The van der Waals surface area contributed by atoms with E-state index >= 15 is 0 Å². The molecule has 0 aromatic carbocycles. The quantitative estimate of drug-likeness (QED) is 0.877. The second-order valence-corrected chi connectivity index (χ2v) is 7.26. The van der Waals surface area contributed by atoms with Crippen LogP contribution in [-0.4, -0.2) is 21.2 Å². The third kappa shape index (κ3) is 2.95. The van der Waals surface area contributed by atoms with E-state index in [1.807, 2.05) is 0 Å². The molecule has 4 rings (SSSR count). The Balaban J connectivity index is 1.35. The van der Waals surface area contributed by atoms with Crippen LogP contribution in [0.25, 0.3) is 0 Å². The van der Waals surface area contributed by atoms with Gasteiger partial charge in [0.15, 0.2) is 5.82 Å². The molecule has 2 aromatic rings. The largest absolute Gasteiger partial charge is 0.340 e. The zero-order chi connectivity index (χ0) is 15.9. The van der Waals surface area contributed by atoms with E-state index in [-0.39, 0.29) is 6.03 Å². The van der Waals surface area contributed by atoms with Crippen molar-refractivity contribution in [3.63, 3.8) is 0 Å². The molecule has 7 nitrogen and oxygen atoms in total. The first-order valence-corrected chi connectivity index (χ1v) is 8.84. The molecule has 2 aliphatic carbocycles. The highest BCUT2D eigenvalue weighted by Gasteiger charge is 2.44. The number of amides is 2. The van der Waals surface area contributed by atoms with Gasteiger partial charge in [-0.25, -0.2) is 9.78 Å². The fourth-order valence-corrected chi connectivity index (χ4v) is 3.63. The lowest BCUT2D eigenvalue weighted by Gasteiger charge is -2.39. The minimum atomic E-state index is -0.482. The first-order valence-electron chi connectivity index (χ1n) is 7.96. The Hall–Kier alpha value is -1.96. The van der Waals surface area contributed by atoms with Gasteiger partial charge >= 0.3 is 6.03 Å². The van der Waals surface area contributed by atoms with Crippen molar-refractivity contribution in [3.8, 4) is 0 Å². The Bertz CT molecular complexity index is 717. The van der Waals surface area contributed by atoms with E-state index in [4.69, 9.17) is 4.52 Å². The summed E-state index contributed by atoms with van der Waals surface area (Å²) in [7, 11) is 0. The van der Waals surface area contributed by atoms with Gasteiger partial charge in [-0.05, 0) is 32.1 Å². The van der Waals surface area contributed by atoms with Crippen molar-refractivity contribution in [1.82, 2.24) is 25.8 Å². The molecule has 2 saturated carbocycles. The van der Waals surface area contributed by atoms with Gasteiger partial charge in [0.25, 0.3) is 0 Å². The number of urea groups is 1. The molecular formula is C15H19N5O2S. The maximum Gasteiger partial charge on any atom is 0.315 e. The number of carbonyl (C=O) groups is 1. The molecule has 2 N–H and O–H groups in total. The lowest BCUT2D eigenvalue weighted by atomic mass is 9.76. The second kappa shape index (κ2) is 5.59. The molecule has 8 heteroatoms. The standard InChI is InChI=1S/C15H19N5O2S/c1-9-17-13(20-22-9)15(5-2-6-15)19-14(21)16-7-12-18-11(8-23-12)10-3-4-10/h8,10H,2-7H2,1H3,(H2,16,19,21). The summed E-state index contributed by atoms with van der Waals surface area (Å²) < 4.78 is 5.05. The average molecular weight is 333 g/mol. The molecule has 0 aliphatic heterocycles. The summed E-state index contributed by atoms with van der Waals surface area (Å²) in [6.07, 6.45) is 5.20. The van der Waals surface area contributed by atoms with E-state index in [2.05, 4.69) is 31.1 Å². The van der Waals surface area contributed by atoms with Crippen molar-refractivity contribution in [1.29, 1.82) is 0 Å². The molecule has 0 radical (unpaired) electrons. The van der Waals surface area contributed by atoms with Crippen molar-refractivity contribution in [2.24, 2.45) is 0 Å². The van der Waals surface area contributed by atoms with Crippen LogP contribution in [0, 0.1) is 6.92 Å². The van der Waals surface area contributed by atoms with Crippen LogP contribution in [-0.2, 0) is 12.1 Å². The third-order valence-electron chi connectivity index (χ3n) is 4.48. The number of aryl methyl sites for hydroxylation is 1. The molecular weight excluding hydrogens is 314 g/mol. The van der Waals surface area contributed by atoms with Crippen LogP contribution in [0.15, 0.2) is 9.90 Å². The van der Waals surface area contributed by atoms with E-state index in [0.717, 1.165) is 24.3 Å². The van der Waals surface area contributed by atoms with Crippen molar-refractivity contribution in [3.05, 3.63) is 27.8 Å². The van der Waals surface area contributed by atoms with E-state index in [9.17, 15) is 4.79 Å². The van der Waals surface area contributed by atoms with E-state index in [0.29, 0.717) is 24.2 Å². The molecule has 0 saturated heterocycles. The molecule has 0 bridgehead atoms. The summed E-state index contributed by atoms with van der Waals surface area (Å²) >= 11 is 1.60. The summed E-state index contributed by atoms with van der Waals surface area (Å²) in [6.45, 7) is 2.20. The Kier molecular flexibility index (Phi) is 3.56. The topological polar surface area (TPSA) is 92.9 Å². The van der Waals surface area contributed by atoms with Crippen molar-refractivity contribution in [2.75, 3.05) is 0 Å². The second-order valence-electron chi connectivity index (χ2n) is 6.32. The minimum Gasteiger partial charge on any atom is -0.340 e. The van der Waals surface area contributed by atoms with Crippen LogP contribution >= 0.6 is 11.3 Å². The number of carbonyl (C=O) groups excluding carboxylic acids is 1. The van der Waals surface area contributed by atoms with E-state index < -0.39 is 5.54 Å². The maximum absolute atomic E-state index is 12.2. The zero-order valence-corrected chi connectivity index (χ0v) is 13.8. The Labute approximate surface area is 137 Å². The highest BCUT2D eigenvalue weighted by Crippen LogP contribution is 2.40. The molecule has 2 fully saturated rings. The Morgan fingerprint density at radius 3 is 2.87 bits per heavy atom. The molecule has 2 heterocycles. The number of rotatable bonds is 5. The smallest absolute Gasteiger partial charge is 0.315 e. The Morgan fingerprint density at radius 2 is 2.26 bits per heavy atom. The summed E-state index contributed by atoms with van der Waals surface area (Å²) in [4.78, 5) is 21.1. The fraction of sp³-hybridized carbons (Fsp3) is 0.600. The van der Waals surface area contributed by atoms with Gasteiger partial charge in [-0.15, -0.1) is 11.3 Å². The first-order chi connectivity index (χ1) is 11.1. The normalized spacial score (nSPS) is 19.2. The monoisotopic (exact) mass is 333 g/mol. The number of nitrogens with one attached hydrogen (secondary N) is 2. The predicted octanol–water partition coefficient (Wildman–Crippen LogP) is 2.59. The molecule has 2 aromatic heterocycles. The van der Waals surface area contributed by atoms with Crippen LogP contribution in [0.2, 0.25) is 0 Å². The summed E-state index contributed by atoms with van der Waals surface area (Å²) in [5, 5.41) is 12.9. The van der Waals surface area contributed by atoms with Crippen molar-refractivity contribution in [2.45, 2.75) is 57.0 Å². The molecule has 23 heavy (non-hydrogen) atoms. The van der Waals surface area contributed by atoms with Gasteiger partial charge in [-0.2, -0.15) is 4.98 Å². The highest BCUT2D eigenvalue weighted by molar-refractivity contribution is 7.09. The molecule has 2 amide bonds. The number of nitrogens with zero attached hydrogens (tertiary/aromatic N) is 3. The molecule has 122 valence electrons. The number of hydrogen-bond donors (Lipinski definition) is 2. The van der Waals surface area contributed by atoms with Crippen LogP contribution in [0.3, 0.4) is 0 Å². The molecule has 0 spiro atoms. The SMILES string of the molecule is Cc1nc(C2(NC(=O)NCc3nc(C4CC4)cs3)CCC2)no1. The summed E-state index contributed by atoms with van der Waals surface area (Å²) in [6, 6.07) is -0.213. The van der Waals surface area contributed by atoms with Gasteiger partial charge < -0.3 is 15.2 Å². The molecule has 2 aliphatic rings. The average Bonchev–Trinajstić information content (AvgIpc) is 3.08. The lowest BCUT2D eigenvalue weighted by Crippen LogP contribution is -2.54. The zero-order valence-electron chi connectivity index (χ0n) is 13.0. The van der Waals surface area contributed by atoms with Gasteiger partial charge in [-0.3, -0.25) is 0 Å². The molecule has 0 atom stereocenters. The van der Waals surface area contributed by atoms with Gasteiger partial charge in [0.2, 0.25) is 5.89 Å². The van der Waals surface area contributed by atoms with Crippen LogP contribution in [0.1, 0.15) is 60.4 Å². The first kappa shape index (κ1) is 14.6. The van der Waals surface area contributed by atoms with Gasteiger partial charge in [0, 0.05) is 18.2 Å². The van der Waals surface area contributed by atoms with Crippen LogP contribution < -0.4 is 10.6 Å². The van der Waals surface area contributed by atoms with Crippen molar-refractivity contribution >= 4 is 17.4 Å². The number of thiazole rings is 1. The van der Waals surface area contributed by atoms with E-state index in [1.165, 1.54) is 18.5 Å². The number of aromatic nitrogens is 3. The minimum absolute atomic E-state index is 0.213. The van der Waals surface area contributed by atoms with Gasteiger partial charge in [-0.1, -0.05) is 5.16 Å². The summed E-state index contributed by atoms with van der Waals surface area (Å²) in [5.74, 6) is 1.74.